The van der Waals surface area contributed by atoms with Crippen molar-refractivity contribution in [3.8, 4) is 0 Å². The number of ether oxygens (including phenoxy) is 1. The van der Waals surface area contributed by atoms with E-state index in [1.165, 1.54) is 0 Å². The maximum Gasteiger partial charge on any atom is 0.406 e. The summed E-state index contributed by atoms with van der Waals surface area (Å²) in [5, 5.41) is 0. The summed E-state index contributed by atoms with van der Waals surface area (Å²) in [7, 11) is 1.77. The highest BCUT2D eigenvalue weighted by Crippen LogP contribution is 2.22. The number of hydrogen-bond acceptors (Lipinski definition) is 3. The molecule has 1 amide bonds. The Balaban J connectivity index is 2.35. The van der Waals surface area contributed by atoms with Gasteiger partial charge >= 0.3 is 6.18 Å². The summed E-state index contributed by atoms with van der Waals surface area (Å²) in [6.45, 7) is 4.15. The molecule has 1 aliphatic heterocycles. The molecule has 0 aromatic heterocycles. The quantitative estimate of drug-likeness (QED) is 0.673. The number of likely N-dealkylation sites (N-methyl/N-ethyl adjacent to an activating group) is 1. The van der Waals surface area contributed by atoms with Crippen LogP contribution >= 0.6 is 0 Å². The van der Waals surface area contributed by atoms with Gasteiger partial charge in [-0.05, 0) is 33.7 Å². The largest absolute Gasteiger partial charge is 0.406 e. The first-order valence-corrected chi connectivity index (χ1v) is 6.88. The standard InChI is InChI=1S/C13H23F3N2O2/c1-10(2)20-8-4-6-17(3)11-5-7-18(12(11)19)9-13(14,15)16/h10-11H,4-9H2,1-3H3. The molecule has 1 aliphatic rings. The summed E-state index contributed by atoms with van der Waals surface area (Å²) in [4.78, 5) is 14.6. The molecule has 0 bridgehead atoms. The second-order valence-corrected chi connectivity index (χ2v) is 5.43. The van der Waals surface area contributed by atoms with E-state index in [0.717, 1.165) is 11.3 Å². The summed E-state index contributed by atoms with van der Waals surface area (Å²) in [6.07, 6.45) is -2.95. The van der Waals surface area contributed by atoms with E-state index in [4.69, 9.17) is 4.74 Å². The van der Waals surface area contributed by atoms with Crippen LogP contribution in [0.1, 0.15) is 26.7 Å². The molecule has 1 heterocycles. The molecule has 0 saturated carbocycles. The lowest BCUT2D eigenvalue weighted by atomic mass is 10.2. The van der Waals surface area contributed by atoms with Gasteiger partial charge in [-0.15, -0.1) is 0 Å². The molecule has 1 unspecified atom stereocenters. The van der Waals surface area contributed by atoms with Crippen LogP contribution in [0.3, 0.4) is 0 Å². The van der Waals surface area contributed by atoms with Crippen molar-refractivity contribution in [2.45, 2.75) is 45.0 Å². The van der Waals surface area contributed by atoms with Gasteiger partial charge in [0.1, 0.15) is 6.54 Å². The van der Waals surface area contributed by atoms with E-state index in [1.807, 2.05) is 18.7 Å². The third kappa shape index (κ3) is 5.66. The molecule has 1 atom stereocenters. The van der Waals surface area contributed by atoms with E-state index in [-0.39, 0.29) is 12.6 Å². The van der Waals surface area contributed by atoms with Crippen LogP contribution in [0, 0.1) is 0 Å². The van der Waals surface area contributed by atoms with Crippen LogP contribution in [0.5, 0.6) is 0 Å². The molecule has 1 rings (SSSR count). The fourth-order valence-electron chi connectivity index (χ4n) is 2.29. The van der Waals surface area contributed by atoms with Crippen molar-refractivity contribution in [2.75, 3.05) is 33.3 Å². The highest BCUT2D eigenvalue weighted by atomic mass is 19.4. The second-order valence-electron chi connectivity index (χ2n) is 5.43. The van der Waals surface area contributed by atoms with Crippen molar-refractivity contribution in [3.63, 3.8) is 0 Å². The summed E-state index contributed by atoms with van der Waals surface area (Å²) in [5.41, 5.74) is 0. The van der Waals surface area contributed by atoms with Crippen LogP contribution in [0.25, 0.3) is 0 Å². The molecule has 7 heteroatoms. The Hall–Kier alpha value is -0.820. The minimum atomic E-state index is -4.33. The van der Waals surface area contributed by atoms with E-state index in [0.29, 0.717) is 19.6 Å². The van der Waals surface area contributed by atoms with Crippen molar-refractivity contribution < 1.29 is 22.7 Å². The zero-order chi connectivity index (χ0) is 15.3. The predicted octanol–water partition coefficient (Wildman–Crippen LogP) is 1.90. The van der Waals surface area contributed by atoms with Crippen molar-refractivity contribution in [3.05, 3.63) is 0 Å². The first-order valence-electron chi connectivity index (χ1n) is 6.88. The molecule has 0 radical (unpaired) electrons. The molecule has 1 saturated heterocycles. The fraction of sp³-hybridized carbons (Fsp3) is 0.923. The van der Waals surface area contributed by atoms with E-state index in [9.17, 15) is 18.0 Å². The Morgan fingerprint density at radius 3 is 2.65 bits per heavy atom. The predicted molar refractivity (Wildman–Crippen MR) is 69.4 cm³/mol. The van der Waals surface area contributed by atoms with E-state index < -0.39 is 24.7 Å². The first kappa shape index (κ1) is 17.2. The molecule has 20 heavy (non-hydrogen) atoms. The molecule has 4 nitrogen and oxygen atoms in total. The smallest absolute Gasteiger partial charge is 0.379 e. The van der Waals surface area contributed by atoms with Crippen molar-refractivity contribution >= 4 is 5.91 Å². The molecular weight excluding hydrogens is 273 g/mol. The van der Waals surface area contributed by atoms with Gasteiger partial charge in [-0.1, -0.05) is 0 Å². The Morgan fingerprint density at radius 1 is 1.45 bits per heavy atom. The number of halogens is 3. The van der Waals surface area contributed by atoms with E-state index in [2.05, 4.69) is 0 Å². The van der Waals surface area contributed by atoms with Gasteiger partial charge in [0.2, 0.25) is 5.91 Å². The Morgan fingerprint density at radius 2 is 2.10 bits per heavy atom. The summed E-state index contributed by atoms with van der Waals surface area (Å²) >= 11 is 0. The van der Waals surface area contributed by atoms with Crippen molar-refractivity contribution in [1.82, 2.24) is 9.80 Å². The summed E-state index contributed by atoms with van der Waals surface area (Å²) in [6, 6.07) is -0.434. The van der Waals surface area contributed by atoms with Crippen LogP contribution in [0.2, 0.25) is 0 Å². The molecule has 0 aliphatic carbocycles. The third-order valence-electron chi connectivity index (χ3n) is 3.28. The average Bonchev–Trinajstić information content (AvgIpc) is 2.64. The molecule has 0 spiro atoms. The van der Waals surface area contributed by atoms with Gasteiger partial charge in [-0.2, -0.15) is 13.2 Å². The van der Waals surface area contributed by atoms with Crippen molar-refractivity contribution in [1.29, 1.82) is 0 Å². The number of rotatable bonds is 7. The zero-order valence-corrected chi connectivity index (χ0v) is 12.2. The minimum absolute atomic E-state index is 0.163. The Kier molecular flexibility index (Phi) is 6.26. The lowest BCUT2D eigenvalue weighted by molar-refractivity contribution is -0.159. The number of hydrogen-bond donors (Lipinski definition) is 0. The third-order valence-corrected chi connectivity index (χ3v) is 3.28. The van der Waals surface area contributed by atoms with Crippen LogP contribution in [0.4, 0.5) is 13.2 Å². The normalized spacial score (nSPS) is 20.5. The fourth-order valence-corrected chi connectivity index (χ4v) is 2.29. The summed E-state index contributed by atoms with van der Waals surface area (Å²) in [5.74, 6) is -0.422. The van der Waals surface area contributed by atoms with Crippen LogP contribution in [-0.2, 0) is 9.53 Å². The lowest BCUT2D eigenvalue weighted by Gasteiger charge is -2.24. The maximum atomic E-state index is 12.3. The minimum Gasteiger partial charge on any atom is -0.379 e. The number of carbonyl (C=O) groups is 1. The van der Waals surface area contributed by atoms with Gasteiger partial charge in [0.15, 0.2) is 0 Å². The lowest BCUT2D eigenvalue weighted by Crippen LogP contribution is -2.43. The molecule has 0 N–H and O–H groups in total. The van der Waals surface area contributed by atoms with Crippen molar-refractivity contribution in [2.24, 2.45) is 0 Å². The topological polar surface area (TPSA) is 32.8 Å². The second kappa shape index (κ2) is 7.26. The average molecular weight is 296 g/mol. The highest BCUT2D eigenvalue weighted by molar-refractivity contribution is 5.84. The Labute approximate surface area is 117 Å². The molecule has 118 valence electrons. The number of nitrogens with zero attached hydrogens (tertiary/aromatic N) is 2. The van der Waals surface area contributed by atoms with Gasteiger partial charge in [0, 0.05) is 19.7 Å². The number of carbonyl (C=O) groups excluding carboxylic acids is 1. The Bertz CT molecular complexity index is 321. The molecule has 0 aromatic rings. The monoisotopic (exact) mass is 296 g/mol. The van der Waals surface area contributed by atoms with E-state index in [1.54, 1.807) is 7.05 Å². The van der Waals surface area contributed by atoms with Gasteiger partial charge in [0.25, 0.3) is 0 Å². The highest BCUT2D eigenvalue weighted by Gasteiger charge is 2.40. The number of alkyl halides is 3. The van der Waals surface area contributed by atoms with Gasteiger partial charge < -0.3 is 9.64 Å². The molecule has 1 fully saturated rings. The van der Waals surface area contributed by atoms with Gasteiger partial charge in [-0.25, -0.2) is 0 Å². The number of likely N-dealkylation sites (tertiary alicyclic amines) is 1. The molecular formula is C13H23F3N2O2. The SMILES string of the molecule is CC(C)OCCCN(C)C1CCN(CC(F)(F)F)C1=O. The van der Waals surface area contributed by atoms with Gasteiger partial charge in [-0.3, -0.25) is 9.69 Å². The first-order chi connectivity index (χ1) is 9.20. The van der Waals surface area contributed by atoms with Gasteiger partial charge in [0.05, 0.1) is 12.1 Å². The van der Waals surface area contributed by atoms with Crippen LogP contribution in [-0.4, -0.2) is 67.3 Å². The summed E-state index contributed by atoms with van der Waals surface area (Å²) < 4.78 is 42.3. The van der Waals surface area contributed by atoms with E-state index >= 15 is 0 Å². The van der Waals surface area contributed by atoms with Crippen LogP contribution in [0.15, 0.2) is 0 Å². The number of amides is 1. The van der Waals surface area contributed by atoms with Crippen LogP contribution < -0.4 is 0 Å². The zero-order valence-electron chi connectivity index (χ0n) is 12.2. The maximum absolute atomic E-state index is 12.3. The molecule has 0 aromatic carbocycles.